The molecule has 1 fully saturated rings. The molecule has 0 aromatic carbocycles. The summed E-state index contributed by atoms with van der Waals surface area (Å²) in [6.45, 7) is 2.08. The lowest BCUT2D eigenvalue weighted by Crippen LogP contribution is -2.45. The molecule has 3 nitrogen and oxygen atoms in total. The van der Waals surface area contributed by atoms with Crippen molar-refractivity contribution in [2.45, 2.75) is 0 Å². The van der Waals surface area contributed by atoms with Gasteiger partial charge in [0, 0.05) is 31.6 Å². The average Bonchev–Trinajstić information content (AvgIpc) is 2.18. The largest absolute Gasteiger partial charge is 0.323 e. The summed E-state index contributed by atoms with van der Waals surface area (Å²) in [6.07, 6.45) is 5.13. The lowest BCUT2D eigenvalue weighted by atomic mass is 10.5. The number of rotatable bonds is 1. The Morgan fingerprint density at radius 3 is 2.77 bits per heavy atom. The van der Waals surface area contributed by atoms with Crippen LogP contribution < -0.4 is 0 Å². The van der Waals surface area contributed by atoms with Crippen LogP contribution in [0.3, 0.4) is 0 Å². The Balaban J connectivity index is 2.41. The van der Waals surface area contributed by atoms with E-state index in [2.05, 4.69) is 5.92 Å². The Morgan fingerprint density at radius 1 is 1.62 bits per heavy atom. The molecule has 72 valence electrons. The van der Waals surface area contributed by atoms with E-state index in [9.17, 15) is 4.79 Å². The Morgan fingerprint density at radius 2 is 2.23 bits per heavy atom. The Hall–Kier alpha value is -0.820. The zero-order valence-electron chi connectivity index (χ0n) is 7.82. The molecular weight excluding hydrogens is 184 g/mol. The summed E-state index contributed by atoms with van der Waals surface area (Å²) < 4.78 is 0. The highest BCUT2D eigenvalue weighted by atomic mass is 32.2. The van der Waals surface area contributed by atoms with E-state index >= 15 is 0 Å². The molecule has 0 unspecified atom stereocenters. The van der Waals surface area contributed by atoms with Gasteiger partial charge >= 0.3 is 6.03 Å². The predicted octanol–water partition coefficient (Wildman–Crippen LogP) is 0.720. The van der Waals surface area contributed by atoms with Crippen molar-refractivity contribution < 1.29 is 4.79 Å². The molecule has 1 heterocycles. The van der Waals surface area contributed by atoms with Crippen LogP contribution in [0, 0.1) is 12.3 Å². The molecule has 0 spiro atoms. The molecule has 1 aliphatic heterocycles. The maximum Gasteiger partial charge on any atom is 0.320 e. The molecule has 1 saturated heterocycles. The summed E-state index contributed by atoms with van der Waals surface area (Å²) in [5.41, 5.74) is 0. The van der Waals surface area contributed by atoms with Crippen LogP contribution in [0.25, 0.3) is 0 Å². The number of terminal acetylenes is 1. The van der Waals surface area contributed by atoms with Gasteiger partial charge in [0.1, 0.15) is 0 Å². The number of amides is 2. The predicted molar refractivity (Wildman–Crippen MR) is 55.8 cm³/mol. The molecule has 0 aromatic heterocycles. The van der Waals surface area contributed by atoms with Crippen LogP contribution in [0.5, 0.6) is 0 Å². The minimum atomic E-state index is 0.0539. The van der Waals surface area contributed by atoms with Crippen LogP contribution in [-0.4, -0.2) is 54.0 Å². The number of carbonyl (C=O) groups is 1. The molecule has 2 amide bonds. The topological polar surface area (TPSA) is 23.6 Å². The van der Waals surface area contributed by atoms with Crippen LogP contribution in [0.1, 0.15) is 0 Å². The van der Waals surface area contributed by atoms with Gasteiger partial charge in [-0.3, -0.25) is 0 Å². The molecule has 1 rings (SSSR count). The van der Waals surface area contributed by atoms with E-state index in [-0.39, 0.29) is 6.03 Å². The molecule has 0 aliphatic carbocycles. The number of hydrogen-bond donors (Lipinski definition) is 0. The molecule has 0 saturated carbocycles. The second kappa shape index (κ2) is 5.03. The van der Waals surface area contributed by atoms with Crippen molar-refractivity contribution in [3.63, 3.8) is 0 Å². The van der Waals surface area contributed by atoms with Gasteiger partial charge < -0.3 is 9.80 Å². The summed E-state index contributed by atoms with van der Waals surface area (Å²) in [4.78, 5) is 15.1. The Bertz CT molecular complexity index is 218. The normalized spacial score (nSPS) is 16.5. The third-order valence-electron chi connectivity index (χ3n) is 1.94. The summed E-state index contributed by atoms with van der Waals surface area (Å²) in [5, 5.41) is 0. The van der Waals surface area contributed by atoms with Crippen LogP contribution in [-0.2, 0) is 0 Å². The Labute approximate surface area is 83.5 Å². The summed E-state index contributed by atoms with van der Waals surface area (Å²) in [5.74, 6) is 4.54. The lowest BCUT2D eigenvalue weighted by molar-refractivity contribution is 0.172. The first-order chi connectivity index (χ1) is 6.25. The van der Waals surface area contributed by atoms with Gasteiger partial charge in [-0.2, -0.15) is 11.8 Å². The fourth-order valence-corrected chi connectivity index (χ4v) is 2.10. The minimum absolute atomic E-state index is 0.0539. The molecule has 4 heteroatoms. The smallest absolute Gasteiger partial charge is 0.320 e. The van der Waals surface area contributed by atoms with Gasteiger partial charge in [-0.15, -0.1) is 6.42 Å². The van der Waals surface area contributed by atoms with E-state index in [1.54, 1.807) is 11.9 Å². The van der Waals surface area contributed by atoms with E-state index in [1.165, 1.54) is 0 Å². The number of hydrogen-bond acceptors (Lipinski definition) is 2. The summed E-state index contributed by atoms with van der Waals surface area (Å²) in [6, 6.07) is 0.0539. The standard InChI is InChI=1S/C9H14N2OS/c1-3-4-10(2)9(12)11-5-7-13-8-6-11/h1H,4-8H2,2H3. The molecule has 13 heavy (non-hydrogen) atoms. The maximum absolute atomic E-state index is 11.6. The second-order valence-electron chi connectivity index (χ2n) is 2.94. The molecule has 0 radical (unpaired) electrons. The van der Waals surface area contributed by atoms with Gasteiger partial charge in [-0.05, 0) is 0 Å². The van der Waals surface area contributed by atoms with E-state index in [0.717, 1.165) is 24.6 Å². The van der Waals surface area contributed by atoms with Gasteiger partial charge in [0.2, 0.25) is 0 Å². The molecule has 0 bridgehead atoms. The number of nitrogens with zero attached hydrogens (tertiary/aromatic N) is 2. The first kappa shape index (κ1) is 10.3. The quantitative estimate of drug-likeness (QED) is 0.580. The van der Waals surface area contributed by atoms with E-state index in [4.69, 9.17) is 6.42 Å². The first-order valence-electron chi connectivity index (χ1n) is 4.27. The van der Waals surface area contributed by atoms with Crippen molar-refractivity contribution in [1.29, 1.82) is 0 Å². The molecular formula is C9H14N2OS. The number of urea groups is 1. The van der Waals surface area contributed by atoms with Crippen molar-refractivity contribution in [2.75, 3.05) is 38.2 Å². The van der Waals surface area contributed by atoms with E-state index in [1.807, 2.05) is 16.7 Å². The van der Waals surface area contributed by atoms with Crippen molar-refractivity contribution in [2.24, 2.45) is 0 Å². The molecule has 1 aliphatic rings. The van der Waals surface area contributed by atoms with Crippen LogP contribution >= 0.6 is 11.8 Å². The minimum Gasteiger partial charge on any atom is -0.323 e. The van der Waals surface area contributed by atoms with Crippen molar-refractivity contribution in [1.82, 2.24) is 9.80 Å². The van der Waals surface area contributed by atoms with Crippen LogP contribution in [0.2, 0.25) is 0 Å². The number of thioether (sulfide) groups is 1. The molecule has 0 N–H and O–H groups in total. The highest BCUT2D eigenvalue weighted by Crippen LogP contribution is 2.10. The summed E-state index contributed by atoms with van der Waals surface area (Å²) >= 11 is 1.89. The van der Waals surface area contributed by atoms with Crippen LogP contribution in [0.15, 0.2) is 0 Å². The zero-order valence-corrected chi connectivity index (χ0v) is 8.64. The SMILES string of the molecule is C#CCN(C)C(=O)N1CCSCC1. The number of carbonyl (C=O) groups excluding carboxylic acids is 1. The third-order valence-corrected chi connectivity index (χ3v) is 2.88. The second-order valence-corrected chi connectivity index (χ2v) is 4.17. The van der Waals surface area contributed by atoms with Crippen molar-refractivity contribution in [3.8, 4) is 12.3 Å². The fourth-order valence-electron chi connectivity index (χ4n) is 1.20. The monoisotopic (exact) mass is 198 g/mol. The van der Waals surface area contributed by atoms with Crippen molar-refractivity contribution in [3.05, 3.63) is 0 Å². The van der Waals surface area contributed by atoms with Crippen molar-refractivity contribution >= 4 is 17.8 Å². The highest BCUT2D eigenvalue weighted by Gasteiger charge is 2.19. The fraction of sp³-hybridized carbons (Fsp3) is 0.667. The molecule has 0 aromatic rings. The van der Waals surface area contributed by atoms with E-state index < -0.39 is 0 Å². The van der Waals surface area contributed by atoms with Gasteiger partial charge in [0.15, 0.2) is 0 Å². The van der Waals surface area contributed by atoms with Gasteiger partial charge in [0.25, 0.3) is 0 Å². The highest BCUT2D eigenvalue weighted by molar-refractivity contribution is 7.99. The average molecular weight is 198 g/mol. The summed E-state index contributed by atoms with van der Waals surface area (Å²) in [7, 11) is 1.74. The maximum atomic E-state index is 11.6. The molecule has 0 atom stereocenters. The third kappa shape index (κ3) is 2.85. The lowest BCUT2D eigenvalue weighted by Gasteiger charge is -2.29. The zero-order chi connectivity index (χ0) is 9.68. The first-order valence-corrected chi connectivity index (χ1v) is 5.42. The Kier molecular flexibility index (Phi) is 3.97. The van der Waals surface area contributed by atoms with Gasteiger partial charge in [-0.25, -0.2) is 4.79 Å². The van der Waals surface area contributed by atoms with Gasteiger partial charge in [-0.1, -0.05) is 5.92 Å². The van der Waals surface area contributed by atoms with Crippen LogP contribution in [0.4, 0.5) is 4.79 Å². The van der Waals surface area contributed by atoms with E-state index in [0.29, 0.717) is 6.54 Å². The van der Waals surface area contributed by atoms with Gasteiger partial charge in [0.05, 0.1) is 6.54 Å².